The van der Waals surface area contributed by atoms with Crippen LogP contribution in [-0.4, -0.2) is 49.8 Å². The molecule has 1 atom stereocenters. The summed E-state index contributed by atoms with van der Waals surface area (Å²) in [5, 5.41) is 2.00. The fraction of sp³-hybridized carbons (Fsp3) is 0.533. The molecule has 5 heteroatoms. The molecule has 1 aromatic rings. The average molecular weight is 293 g/mol. The van der Waals surface area contributed by atoms with Gasteiger partial charge in [-0.3, -0.25) is 4.79 Å². The average Bonchev–Trinajstić information content (AvgIpc) is 3.07. The number of nitrogens with zero attached hydrogens (tertiary/aromatic N) is 1. The summed E-state index contributed by atoms with van der Waals surface area (Å²) in [7, 11) is 0. The summed E-state index contributed by atoms with van der Waals surface area (Å²) in [6.45, 7) is 3.86. The Kier molecular flexibility index (Phi) is 4.50. The van der Waals surface area contributed by atoms with E-state index >= 15 is 0 Å². The van der Waals surface area contributed by atoms with Crippen molar-refractivity contribution in [2.24, 2.45) is 5.92 Å². The van der Waals surface area contributed by atoms with Gasteiger partial charge in [0, 0.05) is 36.6 Å². The summed E-state index contributed by atoms with van der Waals surface area (Å²) in [5.41, 5.74) is 0. The van der Waals surface area contributed by atoms with Gasteiger partial charge >= 0.3 is 0 Å². The zero-order valence-corrected chi connectivity index (χ0v) is 12.2. The molecule has 1 aromatic heterocycles. The van der Waals surface area contributed by atoms with Crippen LogP contribution in [-0.2, 0) is 14.3 Å². The molecule has 0 spiro atoms. The van der Waals surface area contributed by atoms with Gasteiger partial charge in [0.05, 0.1) is 19.3 Å². The van der Waals surface area contributed by atoms with Gasteiger partial charge in [0.15, 0.2) is 0 Å². The van der Waals surface area contributed by atoms with E-state index < -0.39 is 0 Å². The van der Waals surface area contributed by atoms with Crippen molar-refractivity contribution in [1.82, 2.24) is 4.90 Å². The third-order valence-electron chi connectivity index (χ3n) is 3.68. The molecule has 2 fully saturated rings. The molecule has 1 unspecified atom stereocenters. The Morgan fingerprint density at radius 1 is 1.55 bits per heavy atom. The van der Waals surface area contributed by atoms with Crippen molar-refractivity contribution in [2.45, 2.75) is 12.5 Å². The third-order valence-corrected chi connectivity index (χ3v) is 4.52. The third kappa shape index (κ3) is 3.48. The number of thiophene rings is 1. The molecule has 0 aliphatic carbocycles. The maximum atomic E-state index is 11.9. The molecule has 2 aliphatic rings. The standard InChI is InChI=1S/C15H19NO3S/c17-15(4-3-14-2-1-7-20-14)16-8-13(9-16)19-11-12-5-6-18-10-12/h1-4,7,12-13H,5-6,8-11H2/b4-3+. The molecule has 108 valence electrons. The van der Waals surface area contributed by atoms with E-state index in [9.17, 15) is 4.79 Å². The van der Waals surface area contributed by atoms with Crippen LogP contribution >= 0.6 is 11.3 Å². The minimum atomic E-state index is 0.0717. The molecule has 2 saturated heterocycles. The number of amides is 1. The summed E-state index contributed by atoms with van der Waals surface area (Å²) < 4.78 is 11.1. The zero-order chi connectivity index (χ0) is 13.8. The lowest BCUT2D eigenvalue weighted by Gasteiger charge is -2.38. The van der Waals surface area contributed by atoms with Gasteiger partial charge in [-0.05, 0) is 23.9 Å². The topological polar surface area (TPSA) is 38.8 Å². The van der Waals surface area contributed by atoms with Crippen LogP contribution in [0.25, 0.3) is 6.08 Å². The first-order valence-corrected chi connectivity index (χ1v) is 7.89. The Hall–Kier alpha value is -1.17. The van der Waals surface area contributed by atoms with Crippen molar-refractivity contribution in [3.8, 4) is 0 Å². The number of hydrogen-bond acceptors (Lipinski definition) is 4. The van der Waals surface area contributed by atoms with Crippen molar-refractivity contribution in [1.29, 1.82) is 0 Å². The Balaban J connectivity index is 1.35. The Labute approximate surface area is 123 Å². The summed E-state index contributed by atoms with van der Waals surface area (Å²) in [6.07, 6.45) is 4.82. The van der Waals surface area contributed by atoms with Crippen molar-refractivity contribution < 1.29 is 14.3 Å². The van der Waals surface area contributed by atoms with Gasteiger partial charge in [-0.2, -0.15) is 0 Å². The molecular formula is C15H19NO3S. The molecule has 2 aliphatic heterocycles. The summed E-state index contributed by atoms with van der Waals surface area (Å²) in [6, 6.07) is 3.98. The highest BCUT2D eigenvalue weighted by Gasteiger charge is 2.31. The van der Waals surface area contributed by atoms with Gasteiger partial charge in [0.2, 0.25) is 5.91 Å². The van der Waals surface area contributed by atoms with Crippen molar-refractivity contribution in [3.63, 3.8) is 0 Å². The zero-order valence-electron chi connectivity index (χ0n) is 11.4. The maximum Gasteiger partial charge on any atom is 0.246 e. The normalized spacial score (nSPS) is 23.4. The lowest BCUT2D eigenvalue weighted by molar-refractivity contribution is -0.140. The molecule has 0 N–H and O–H groups in total. The lowest BCUT2D eigenvalue weighted by Crippen LogP contribution is -2.54. The van der Waals surface area contributed by atoms with Crippen LogP contribution in [0.5, 0.6) is 0 Å². The van der Waals surface area contributed by atoms with Crippen molar-refractivity contribution >= 4 is 23.3 Å². The monoisotopic (exact) mass is 293 g/mol. The summed E-state index contributed by atoms with van der Waals surface area (Å²) in [4.78, 5) is 14.8. The molecule has 3 heterocycles. The van der Waals surface area contributed by atoms with Gasteiger partial charge in [0.25, 0.3) is 0 Å². The first-order chi connectivity index (χ1) is 9.81. The Bertz CT molecular complexity index is 459. The molecular weight excluding hydrogens is 274 g/mol. The molecule has 20 heavy (non-hydrogen) atoms. The van der Waals surface area contributed by atoms with Crippen LogP contribution in [0.4, 0.5) is 0 Å². The lowest BCUT2D eigenvalue weighted by atomic mass is 10.1. The largest absolute Gasteiger partial charge is 0.381 e. The highest BCUT2D eigenvalue weighted by Crippen LogP contribution is 2.18. The van der Waals surface area contributed by atoms with E-state index in [4.69, 9.17) is 9.47 Å². The van der Waals surface area contributed by atoms with Crippen LogP contribution in [0.1, 0.15) is 11.3 Å². The van der Waals surface area contributed by atoms with Gasteiger partial charge < -0.3 is 14.4 Å². The van der Waals surface area contributed by atoms with Crippen LogP contribution in [0, 0.1) is 5.92 Å². The smallest absolute Gasteiger partial charge is 0.246 e. The second-order valence-corrected chi connectivity index (χ2v) is 6.26. The van der Waals surface area contributed by atoms with Gasteiger partial charge in [-0.1, -0.05) is 6.07 Å². The number of rotatable bonds is 5. The highest BCUT2D eigenvalue weighted by molar-refractivity contribution is 7.10. The molecule has 0 radical (unpaired) electrons. The van der Waals surface area contributed by atoms with Crippen LogP contribution < -0.4 is 0 Å². The maximum absolute atomic E-state index is 11.9. The number of carbonyl (C=O) groups is 1. The molecule has 0 bridgehead atoms. The van der Waals surface area contributed by atoms with Crippen LogP contribution in [0.3, 0.4) is 0 Å². The van der Waals surface area contributed by atoms with Gasteiger partial charge in [-0.15, -0.1) is 11.3 Å². The van der Waals surface area contributed by atoms with Crippen LogP contribution in [0.2, 0.25) is 0 Å². The minimum Gasteiger partial charge on any atom is -0.381 e. The van der Waals surface area contributed by atoms with E-state index in [2.05, 4.69) is 0 Å². The predicted octanol–water partition coefficient (Wildman–Crippen LogP) is 2.03. The fourth-order valence-electron chi connectivity index (χ4n) is 2.36. The molecule has 0 saturated carbocycles. The number of hydrogen-bond donors (Lipinski definition) is 0. The second-order valence-electron chi connectivity index (χ2n) is 5.28. The van der Waals surface area contributed by atoms with Gasteiger partial charge in [0.1, 0.15) is 0 Å². The second kappa shape index (κ2) is 6.52. The van der Waals surface area contributed by atoms with Crippen molar-refractivity contribution in [2.75, 3.05) is 32.9 Å². The first-order valence-electron chi connectivity index (χ1n) is 7.01. The number of likely N-dealkylation sites (tertiary alicyclic amines) is 1. The molecule has 0 aromatic carbocycles. The Morgan fingerprint density at radius 2 is 2.45 bits per heavy atom. The predicted molar refractivity (Wildman–Crippen MR) is 78.6 cm³/mol. The fourth-order valence-corrected chi connectivity index (χ4v) is 2.97. The van der Waals surface area contributed by atoms with E-state index in [1.54, 1.807) is 17.4 Å². The SMILES string of the molecule is O=C(/C=C/c1cccs1)N1CC(OCC2CCOC2)C1. The van der Waals surface area contributed by atoms with Crippen molar-refractivity contribution in [3.05, 3.63) is 28.5 Å². The summed E-state index contributed by atoms with van der Waals surface area (Å²) in [5.74, 6) is 0.612. The number of carbonyl (C=O) groups excluding carboxylic acids is 1. The van der Waals surface area contributed by atoms with E-state index in [0.717, 1.165) is 31.1 Å². The minimum absolute atomic E-state index is 0.0717. The molecule has 4 nitrogen and oxygen atoms in total. The Morgan fingerprint density at radius 3 is 3.15 bits per heavy atom. The quantitative estimate of drug-likeness (QED) is 0.780. The van der Waals surface area contributed by atoms with E-state index in [0.29, 0.717) is 19.0 Å². The van der Waals surface area contributed by atoms with E-state index in [1.165, 1.54) is 0 Å². The van der Waals surface area contributed by atoms with Gasteiger partial charge in [-0.25, -0.2) is 0 Å². The number of ether oxygens (including phenoxy) is 2. The van der Waals surface area contributed by atoms with E-state index in [-0.39, 0.29) is 12.0 Å². The van der Waals surface area contributed by atoms with Crippen LogP contribution in [0.15, 0.2) is 23.6 Å². The molecule has 3 rings (SSSR count). The first kappa shape index (κ1) is 13.8. The molecule has 1 amide bonds. The summed E-state index contributed by atoms with van der Waals surface area (Å²) >= 11 is 1.63. The van der Waals surface area contributed by atoms with E-state index in [1.807, 2.05) is 28.5 Å². The highest BCUT2D eigenvalue weighted by atomic mass is 32.1.